The van der Waals surface area contributed by atoms with Gasteiger partial charge < -0.3 is 25.4 Å². The molecule has 1 aliphatic rings. The van der Waals surface area contributed by atoms with Crippen LogP contribution >= 0.6 is 0 Å². The zero-order valence-electron chi connectivity index (χ0n) is 16.3. The van der Waals surface area contributed by atoms with Gasteiger partial charge in [0, 0.05) is 37.7 Å². The molecule has 1 aromatic carbocycles. The minimum absolute atomic E-state index is 0.0409. The molecule has 0 saturated carbocycles. The summed E-state index contributed by atoms with van der Waals surface area (Å²) in [6, 6.07) is 4.77. The Morgan fingerprint density at radius 3 is 2.89 bits per heavy atom. The highest BCUT2D eigenvalue weighted by Gasteiger charge is 2.23. The lowest BCUT2D eigenvalue weighted by atomic mass is 9.95. The van der Waals surface area contributed by atoms with E-state index in [9.17, 15) is 13.6 Å². The molecule has 3 N–H and O–H groups in total. The summed E-state index contributed by atoms with van der Waals surface area (Å²) in [5.41, 5.74) is 5.86. The number of methoxy groups -OCH3 is 1. The van der Waals surface area contributed by atoms with E-state index in [0.717, 1.165) is 19.4 Å². The van der Waals surface area contributed by atoms with Crippen LogP contribution in [-0.4, -0.2) is 50.1 Å². The molecule has 156 valence electrons. The quantitative estimate of drug-likeness (QED) is 0.518. The molecule has 1 unspecified atom stereocenters. The number of hydrogen-bond donors (Lipinski definition) is 2. The van der Waals surface area contributed by atoms with E-state index in [1.165, 1.54) is 13.2 Å². The van der Waals surface area contributed by atoms with Crippen LogP contribution in [0.1, 0.15) is 31.7 Å². The number of primary amides is 1. The summed E-state index contributed by atoms with van der Waals surface area (Å²) >= 11 is 0. The Labute approximate surface area is 163 Å². The summed E-state index contributed by atoms with van der Waals surface area (Å²) in [6.45, 7) is 1.35. The number of aliphatic imine (C=N–C) groups is 1. The van der Waals surface area contributed by atoms with E-state index in [1.54, 1.807) is 12.1 Å². The molecule has 9 heteroatoms. The van der Waals surface area contributed by atoms with Gasteiger partial charge in [0.05, 0.1) is 13.7 Å². The number of benzene rings is 1. The van der Waals surface area contributed by atoms with Gasteiger partial charge in [-0.1, -0.05) is 0 Å². The topological polar surface area (TPSA) is 89.2 Å². The zero-order valence-corrected chi connectivity index (χ0v) is 16.3. The first-order valence-electron chi connectivity index (χ1n) is 9.36. The number of nitrogens with one attached hydrogen (secondary N) is 1. The Kier molecular flexibility index (Phi) is 8.28. The third kappa shape index (κ3) is 6.54. The van der Waals surface area contributed by atoms with Crippen LogP contribution in [-0.2, 0) is 11.3 Å². The van der Waals surface area contributed by atoms with E-state index in [0.29, 0.717) is 36.8 Å². The van der Waals surface area contributed by atoms with Gasteiger partial charge in [0.25, 0.3) is 0 Å². The number of ether oxygens (including phenoxy) is 2. The number of carbonyl (C=O) groups excluding carboxylic acids is 1. The van der Waals surface area contributed by atoms with Crippen LogP contribution < -0.4 is 20.5 Å². The van der Waals surface area contributed by atoms with Gasteiger partial charge in [-0.25, -0.2) is 4.99 Å². The fourth-order valence-corrected chi connectivity index (χ4v) is 3.29. The van der Waals surface area contributed by atoms with Gasteiger partial charge in [-0.05, 0) is 37.8 Å². The Balaban J connectivity index is 2.16. The van der Waals surface area contributed by atoms with Gasteiger partial charge in [0.1, 0.15) is 11.5 Å². The third-order valence-corrected chi connectivity index (χ3v) is 4.53. The van der Waals surface area contributed by atoms with Gasteiger partial charge in [-0.2, -0.15) is 8.78 Å². The molecule has 1 amide bonds. The molecule has 1 aromatic rings. The van der Waals surface area contributed by atoms with Crippen molar-refractivity contribution in [2.75, 3.05) is 26.7 Å². The monoisotopic (exact) mass is 398 g/mol. The highest BCUT2D eigenvalue weighted by molar-refractivity contribution is 5.80. The van der Waals surface area contributed by atoms with Crippen molar-refractivity contribution < 1.29 is 23.0 Å². The Hall–Kier alpha value is -2.58. The van der Waals surface area contributed by atoms with Crippen molar-refractivity contribution in [2.45, 2.75) is 39.3 Å². The third-order valence-electron chi connectivity index (χ3n) is 4.53. The number of alkyl halides is 2. The van der Waals surface area contributed by atoms with E-state index in [-0.39, 0.29) is 24.1 Å². The zero-order chi connectivity index (χ0) is 20.5. The molecule has 0 radical (unpaired) electrons. The maximum absolute atomic E-state index is 12.7. The van der Waals surface area contributed by atoms with Crippen molar-refractivity contribution in [3.05, 3.63) is 23.8 Å². The van der Waals surface area contributed by atoms with Crippen LogP contribution in [0.2, 0.25) is 0 Å². The maximum atomic E-state index is 12.7. The number of nitrogens with zero attached hydrogens (tertiary/aromatic N) is 2. The van der Waals surface area contributed by atoms with E-state index >= 15 is 0 Å². The lowest BCUT2D eigenvalue weighted by molar-refractivity contribution is -0.119. The molecular formula is C19H28F2N4O3. The van der Waals surface area contributed by atoms with Crippen molar-refractivity contribution in [2.24, 2.45) is 16.6 Å². The smallest absolute Gasteiger partial charge is 0.387 e. The summed E-state index contributed by atoms with van der Waals surface area (Å²) in [4.78, 5) is 17.9. The van der Waals surface area contributed by atoms with Crippen molar-refractivity contribution in [3.63, 3.8) is 0 Å². The molecular weight excluding hydrogens is 370 g/mol. The lowest BCUT2D eigenvalue weighted by Crippen LogP contribution is -2.47. The molecule has 1 saturated heterocycles. The highest BCUT2D eigenvalue weighted by Crippen LogP contribution is 2.27. The number of halogens is 2. The number of amides is 1. The molecule has 1 atom stereocenters. The molecule has 0 spiro atoms. The van der Waals surface area contributed by atoms with Crippen LogP contribution in [0.5, 0.6) is 11.5 Å². The Morgan fingerprint density at radius 2 is 2.25 bits per heavy atom. The van der Waals surface area contributed by atoms with Crippen molar-refractivity contribution in [3.8, 4) is 11.5 Å². The van der Waals surface area contributed by atoms with Gasteiger partial charge >= 0.3 is 6.61 Å². The second-order valence-electron chi connectivity index (χ2n) is 6.65. The average molecular weight is 398 g/mol. The summed E-state index contributed by atoms with van der Waals surface area (Å²) < 4.78 is 35.2. The number of carbonyl (C=O) groups is 1. The standard InChI is InChI=1S/C19H28F2N4O3/c1-3-23-19(25-8-4-5-13(12-25)9-17(22)26)24-11-14-6-7-15(27-2)10-16(14)28-18(20)21/h6-7,10,13,18H,3-5,8-9,11-12H2,1-2H3,(H2,22,26)(H,23,24). The Bertz CT molecular complexity index is 685. The largest absolute Gasteiger partial charge is 0.497 e. The highest BCUT2D eigenvalue weighted by atomic mass is 19.3. The van der Waals surface area contributed by atoms with Crippen molar-refractivity contribution in [1.29, 1.82) is 0 Å². The van der Waals surface area contributed by atoms with E-state index < -0.39 is 6.61 Å². The van der Waals surface area contributed by atoms with Gasteiger partial charge in [-0.3, -0.25) is 4.79 Å². The number of nitrogens with two attached hydrogens (primary N) is 1. The second kappa shape index (κ2) is 10.7. The SMILES string of the molecule is CCNC(=NCc1ccc(OC)cc1OC(F)F)N1CCCC(CC(N)=O)C1. The van der Waals surface area contributed by atoms with E-state index in [1.807, 2.05) is 6.92 Å². The number of rotatable bonds is 8. The molecule has 2 rings (SSSR count). The lowest BCUT2D eigenvalue weighted by Gasteiger charge is -2.34. The van der Waals surface area contributed by atoms with Crippen LogP contribution in [0.4, 0.5) is 8.78 Å². The number of piperidine rings is 1. The van der Waals surface area contributed by atoms with Crippen molar-refractivity contribution in [1.82, 2.24) is 10.2 Å². The van der Waals surface area contributed by atoms with Crippen LogP contribution in [0.3, 0.4) is 0 Å². The van der Waals surface area contributed by atoms with Crippen LogP contribution in [0.25, 0.3) is 0 Å². The molecule has 1 aliphatic heterocycles. The first-order chi connectivity index (χ1) is 13.4. The molecule has 28 heavy (non-hydrogen) atoms. The minimum Gasteiger partial charge on any atom is -0.497 e. The molecule has 0 bridgehead atoms. The predicted octanol–water partition coefficient (Wildman–Crippen LogP) is 2.35. The number of likely N-dealkylation sites (tertiary alicyclic amines) is 1. The number of hydrogen-bond acceptors (Lipinski definition) is 4. The van der Waals surface area contributed by atoms with Gasteiger partial charge in [-0.15, -0.1) is 0 Å². The van der Waals surface area contributed by atoms with Crippen LogP contribution in [0, 0.1) is 5.92 Å². The molecule has 7 nitrogen and oxygen atoms in total. The summed E-state index contributed by atoms with van der Waals surface area (Å²) in [6.07, 6.45) is 2.23. The minimum atomic E-state index is -2.93. The van der Waals surface area contributed by atoms with E-state index in [4.69, 9.17) is 10.5 Å². The summed E-state index contributed by atoms with van der Waals surface area (Å²) in [7, 11) is 1.46. The second-order valence-corrected chi connectivity index (χ2v) is 6.65. The Morgan fingerprint density at radius 1 is 1.46 bits per heavy atom. The van der Waals surface area contributed by atoms with Gasteiger partial charge in [0.2, 0.25) is 5.91 Å². The fourth-order valence-electron chi connectivity index (χ4n) is 3.29. The fraction of sp³-hybridized carbons (Fsp3) is 0.579. The molecule has 0 aromatic heterocycles. The van der Waals surface area contributed by atoms with Gasteiger partial charge in [0.15, 0.2) is 5.96 Å². The number of guanidine groups is 1. The first-order valence-corrected chi connectivity index (χ1v) is 9.36. The molecule has 0 aliphatic carbocycles. The van der Waals surface area contributed by atoms with Crippen molar-refractivity contribution >= 4 is 11.9 Å². The van der Waals surface area contributed by atoms with E-state index in [2.05, 4.69) is 19.9 Å². The molecule has 1 heterocycles. The van der Waals surface area contributed by atoms with Crippen LogP contribution in [0.15, 0.2) is 23.2 Å². The predicted molar refractivity (Wildman–Crippen MR) is 103 cm³/mol. The normalized spacial score (nSPS) is 17.5. The summed E-state index contributed by atoms with van der Waals surface area (Å²) in [5.74, 6) is 1.03. The average Bonchev–Trinajstić information content (AvgIpc) is 2.65. The first kappa shape index (κ1) is 21.7. The summed E-state index contributed by atoms with van der Waals surface area (Å²) in [5, 5.41) is 3.23. The maximum Gasteiger partial charge on any atom is 0.387 e. The molecule has 1 fully saturated rings.